The summed E-state index contributed by atoms with van der Waals surface area (Å²) in [5, 5.41) is 6.54. The van der Waals surface area contributed by atoms with Gasteiger partial charge in [-0.15, -0.1) is 0 Å². The molecule has 2 amide bonds. The lowest BCUT2D eigenvalue weighted by atomic mass is 10.0. The van der Waals surface area contributed by atoms with E-state index in [0.29, 0.717) is 30.4 Å². The van der Waals surface area contributed by atoms with Crippen LogP contribution in [0.4, 0.5) is 19.3 Å². The van der Waals surface area contributed by atoms with E-state index in [2.05, 4.69) is 15.5 Å². The zero-order chi connectivity index (χ0) is 21.1. The van der Waals surface area contributed by atoms with Gasteiger partial charge in [-0.25, -0.2) is 13.6 Å². The number of hydrogen-bond acceptors (Lipinski definition) is 5. The Hall–Kier alpha value is -3.49. The minimum absolute atomic E-state index is 0.0895. The average Bonchev–Trinajstić information content (AvgIpc) is 3.26. The van der Waals surface area contributed by atoms with E-state index in [0.717, 1.165) is 30.5 Å². The lowest BCUT2D eigenvalue weighted by Gasteiger charge is -2.33. The summed E-state index contributed by atoms with van der Waals surface area (Å²) in [5.74, 6) is -0.187. The number of amides is 2. The second kappa shape index (κ2) is 8.48. The van der Waals surface area contributed by atoms with Gasteiger partial charge in [0.05, 0.1) is 12.8 Å². The van der Waals surface area contributed by atoms with Gasteiger partial charge in [0.1, 0.15) is 23.4 Å². The summed E-state index contributed by atoms with van der Waals surface area (Å²) >= 11 is 0. The molecule has 0 aliphatic carbocycles. The quantitative estimate of drug-likeness (QED) is 0.664. The molecule has 1 atom stereocenters. The SMILES string of the molecule is COc1cccc(-c2noc([C@@H]3CCCCN3C(=O)Nc3ccc(F)cc3F)n2)c1. The Bertz CT molecular complexity index is 1060. The zero-order valence-electron chi connectivity index (χ0n) is 16.3. The summed E-state index contributed by atoms with van der Waals surface area (Å²) < 4.78 is 37.7. The van der Waals surface area contributed by atoms with Gasteiger partial charge in [-0.2, -0.15) is 4.98 Å². The number of methoxy groups -OCH3 is 1. The van der Waals surface area contributed by atoms with E-state index in [4.69, 9.17) is 9.26 Å². The van der Waals surface area contributed by atoms with Crippen LogP contribution in [0.5, 0.6) is 5.75 Å². The number of halogens is 2. The number of benzene rings is 2. The molecule has 4 rings (SSSR count). The molecule has 1 aromatic heterocycles. The summed E-state index contributed by atoms with van der Waals surface area (Å²) in [7, 11) is 1.57. The molecule has 2 aromatic carbocycles. The monoisotopic (exact) mass is 414 g/mol. The van der Waals surface area contributed by atoms with Crippen LogP contribution >= 0.6 is 0 Å². The molecule has 7 nitrogen and oxygen atoms in total. The normalized spacial score (nSPS) is 16.4. The van der Waals surface area contributed by atoms with Crippen LogP contribution in [0.1, 0.15) is 31.2 Å². The molecule has 0 radical (unpaired) electrons. The van der Waals surface area contributed by atoms with Gasteiger partial charge in [0.25, 0.3) is 0 Å². The largest absolute Gasteiger partial charge is 0.497 e. The highest BCUT2D eigenvalue weighted by Crippen LogP contribution is 2.32. The number of ether oxygens (including phenoxy) is 1. The van der Waals surface area contributed by atoms with Gasteiger partial charge in [0, 0.05) is 18.2 Å². The van der Waals surface area contributed by atoms with E-state index in [1.165, 1.54) is 11.0 Å². The Kier molecular flexibility index (Phi) is 5.60. The highest BCUT2D eigenvalue weighted by Gasteiger charge is 2.32. The number of nitrogens with zero attached hydrogens (tertiary/aromatic N) is 3. The van der Waals surface area contributed by atoms with Crippen LogP contribution in [0.25, 0.3) is 11.4 Å². The van der Waals surface area contributed by atoms with E-state index < -0.39 is 23.7 Å². The van der Waals surface area contributed by atoms with Crippen molar-refractivity contribution in [2.24, 2.45) is 0 Å². The first-order valence-electron chi connectivity index (χ1n) is 9.56. The van der Waals surface area contributed by atoms with Crippen molar-refractivity contribution in [1.29, 1.82) is 0 Å². The van der Waals surface area contributed by atoms with Crippen molar-refractivity contribution in [3.05, 3.63) is 60.0 Å². The van der Waals surface area contributed by atoms with Crippen LogP contribution in [0.2, 0.25) is 0 Å². The molecule has 1 N–H and O–H groups in total. The van der Waals surface area contributed by atoms with Crippen molar-refractivity contribution >= 4 is 11.7 Å². The second-order valence-electron chi connectivity index (χ2n) is 6.95. The van der Waals surface area contributed by atoms with Crippen molar-refractivity contribution < 1.29 is 22.8 Å². The van der Waals surface area contributed by atoms with Crippen molar-refractivity contribution in [1.82, 2.24) is 15.0 Å². The van der Waals surface area contributed by atoms with Gasteiger partial charge in [-0.3, -0.25) is 0 Å². The first kappa shape index (κ1) is 19.8. The van der Waals surface area contributed by atoms with Gasteiger partial charge in [-0.1, -0.05) is 17.3 Å². The number of likely N-dealkylation sites (tertiary alicyclic amines) is 1. The Morgan fingerprint density at radius 3 is 2.90 bits per heavy atom. The number of carbonyl (C=O) groups is 1. The standard InChI is InChI=1S/C21H20F2N4O3/c1-29-15-6-4-5-13(11-15)19-25-20(30-26-19)18-7-2-3-10-27(18)21(28)24-17-9-8-14(22)12-16(17)23/h4-6,8-9,11-12,18H,2-3,7,10H2,1H3,(H,24,28)/t18-/m0/s1. The van der Waals surface area contributed by atoms with Crippen molar-refractivity contribution in [3.63, 3.8) is 0 Å². The maximum absolute atomic E-state index is 13.9. The molecule has 0 unspecified atom stereocenters. The molecule has 156 valence electrons. The molecule has 0 bridgehead atoms. The topological polar surface area (TPSA) is 80.5 Å². The fourth-order valence-corrected chi connectivity index (χ4v) is 3.46. The number of nitrogens with one attached hydrogen (secondary N) is 1. The van der Waals surface area contributed by atoms with Crippen molar-refractivity contribution in [2.45, 2.75) is 25.3 Å². The predicted octanol–water partition coefficient (Wildman–Crippen LogP) is 4.78. The van der Waals surface area contributed by atoms with Gasteiger partial charge < -0.3 is 19.5 Å². The first-order chi connectivity index (χ1) is 14.5. The van der Waals surface area contributed by atoms with Gasteiger partial charge in [0.2, 0.25) is 11.7 Å². The van der Waals surface area contributed by atoms with E-state index in [1.807, 2.05) is 18.2 Å². The molecule has 0 spiro atoms. The Labute approximate surface area is 171 Å². The maximum atomic E-state index is 13.9. The van der Waals surface area contributed by atoms with Crippen LogP contribution in [0, 0.1) is 11.6 Å². The zero-order valence-corrected chi connectivity index (χ0v) is 16.3. The average molecular weight is 414 g/mol. The fourth-order valence-electron chi connectivity index (χ4n) is 3.46. The third-order valence-electron chi connectivity index (χ3n) is 4.99. The number of carbonyl (C=O) groups excluding carboxylic acids is 1. The van der Waals surface area contributed by atoms with Gasteiger partial charge in [0.15, 0.2) is 0 Å². The Morgan fingerprint density at radius 2 is 2.10 bits per heavy atom. The summed E-state index contributed by atoms with van der Waals surface area (Å²) in [6.07, 6.45) is 2.32. The molecule has 1 aliphatic rings. The Morgan fingerprint density at radius 1 is 1.23 bits per heavy atom. The molecule has 30 heavy (non-hydrogen) atoms. The molecule has 9 heteroatoms. The number of aromatic nitrogens is 2. The molecule has 2 heterocycles. The van der Waals surface area contributed by atoms with Crippen molar-refractivity contribution in [3.8, 4) is 17.1 Å². The predicted molar refractivity (Wildman–Crippen MR) is 105 cm³/mol. The first-order valence-corrected chi connectivity index (χ1v) is 9.56. The summed E-state index contributed by atoms with van der Waals surface area (Å²) in [6.45, 7) is 0.455. The van der Waals surface area contributed by atoms with E-state index in [1.54, 1.807) is 13.2 Å². The number of anilines is 1. The van der Waals surface area contributed by atoms with Gasteiger partial charge in [-0.05, 0) is 43.5 Å². The van der Waals surface area contributed by atoms with E-state index in [9.17, 15) is 13.6 Å². The van der Waals surface area contributed by atoms with Crippen LogP contribution in [-0.2, 0) is 0 Å². The van der Waals surface area contributed by atoms with E-state index >= 15 is 0 Å². The third-order valence-corrected chi connectivity index (χ3v) is 4.99. The third kappa shape index (κ3) is 4.10. The van der Waals surface area contributed by atoms with Crippen molar-refractivity contribution in [2.75, 3.05) is 19.0 Å². The minimum atomic E-state index is -0.838. The minimum Gasteiger partial charge on any atom is -0.497 e. The number of hydrogen-bond donors (Lipinski definition) is 1. The van der Waals surface area contributed by atoms with E-state index in [-0.39, 0.29) is 5.69 Å². The van der Waals surface area contributed by atoms with Crippen LogP contribution in [0.3, 0.4) is 0 Å². The highest BCUT2D eigenvalue weighted by atomic mass is 19.1. The van der Waals surface area contributed by atoms with Crippen LogP contribution < -0.4 is 10.1 Å². The van der Waals surface area contributed by atoms with Crippen LogP contribution in [0.15, 0.2) is 47.0 Å². The summed E-state index contributed by atoms with van der Waals surface area (Å²) in [6, 6.07) is 9.31. The molecule has 1 aliphatic heterocycles. The molecule has 3 aromatic rings. The highest BCUT2D eigenvalue weighted by molar-refractivity contribution is 5.89. The maximum Gasteiger partial charge on any atom is 0.322 e. The lowest BCUT2D eigenvalue weighted by Crippen LogP contribution is -2.41. The molecule has 0 saturated carbocycles. The Balaban J connectivity index is 1.55. The smallest absolute Gasteiger partial charge is 0.322 e. The number of piperidine rings is 1. The molecular weight excluding hydrogens is 394 g/mol. The summed E-state index contributed by atoms with van der Waals surface area (Å²) in [5.41, 5.74) is 0.637. The number of rotatable bonds is 4. The number of urea groups is 1. The second-order valence-corrected chi connectivity index (χ2v) is 6.95. The lowest BCUT2D eigenvalue weighted by molar-refractivity contribution is 0.142. The van der Waals surface area contributed by atoms with Crippen LogP contribution in [-0.4, -0.2) is 34.7 Å². The molecule has 1 saturated heterocycles. The molecule has 1 fully saturated rings. The fraction of sp³-hybridized carbons (Fsp3) is 0.286. The summed E-state index contributed by atoms with van der Waals surface area (Å²) in [4.78, 5) is 18.8. The van der Waals surface area contributed by atoms with Gasteiger partial charge >= 0.3 is 6.03 Å². The molecular formula is C21H20F2N4O3.